The molecule has 0 aromatic carbocycles. The first-order valence-electron chi connectivity index (χ1n) is 4.27. The van der Waals surface area contributed by atoms with Crippen LogP contribution in [0, 0.1) is 0 Å². The maximum absolute atomic E-state index is 10.3. The van der Waals surface area contributed by atoms with Crippen LogP contribution < -0.4 is 0 Å². The zero-order valence-corrected chi connectivity index (χ0v) is 9.92. The van der Waals surface area contributed by atoms with Gasteiger partial charge in [-0.3, -0.25) is 4.99 Å². The number of hydrogen-bond acceptors (Lipinski definition) is 4. The number of hydrogen-bond donors (Lipinski definition) is 3. The first-order chi connectivity index (χ1) is 6.03. The molecule has 0 saturated heterocycles. The molecule has 3 atom stereocenters. The fourth-order valence-corrected chi connectivity index (χ4v) is 1.96. The number of aliphatic hydroxyl groups is 2. The molecule has 0 aliphatic carbocycles. The monoisotopic (exact) mass is 237 g/mol. The van der Waals surface area contributed by atoms with Crippen molar-refractivity contribution in [3.8, 4) is 0 Å². The average molecular weight is 238 g/mol. The van der Waals surface area contributed by atoms with E-state index in [0.717, 1.165) is 0 Å². The van der Waals surface area contributed by atoms with Gasteiger partial charge in [-0.2, -0.15) is 12.6 Å². The number of aliphatic hydroxyl groups excluding tert-OH is 1. The van der Waals surface area contributed by atoms with Crippen LogP contribution in [0.15, 0.2) is 16.6 Å². The molecule has 3 nitrogen and oxygen atoms in total. The number of aliphatic imine (C=N–C) groups is 1. The first kappa shape index (κ1) is 14.0. The maximum atomic E-state index is 10.3. The minimum absolute atomic E-state index is 0. The Labute approximate surface area is 95.8 Å². The molecule has 0 spiro atoms. The summed E-state index contributed by atoms with van der Waals surface area (Å²) in [6.07, 6.45) is 3.26. The highest BCUT2D eigenvalue weighted by Gasteiger charge is 2.42. The Morgan fingerprint density at radius 3 is 2.64 bits per heavy atom. The summed E-state index contributed by atoms with van der Waals surface area (Å²) in [5.74, 6) is 0. The van der Waals surface area contributed by atoms with Gasteiger partial charge >= 0.3 is 0 Å². The number of allylic oxidation sites excluding steroid dienone is 1. The Balaban J connectivity index is 0.00000169. The van der Waals surface area contributed by atoms with Crippen molar-refractivity contribution in [2.24, 2.45) is 4.99 Å². The normalized spacial score (nSPS) is 33.2. The van der Waals surface area contributed by atoms with Crippen molar-refractivity contribution in [3.05, 3.63) is 11.6 Å². The van der Waals surface area contributed by atoms with Gasteiger partial charge < -0.3 is 10.2 Å². The van der Waals surface area contributed by atoms with Gasteiger partial charge in [-0.1, -0.05) is 6.92 Å². The lowest BCUT2D eigenvalue weighted by Gasteiger charge is -2.38. The largest absolute Gasteiger partial charge is 0.392 e. The van der Waals surface area contributed by atoms with Crippen molar-refractivity contribution in [2.45, 2.75) is 30.7 Å². The summed E-state index contributed by atoms with van der Waals surface area (Å²) in [5, 5.41) is 19.1. The molecule has 82 valence electrons. The van der Waals surface area contributed by atoms with E-state index < -0.39 is 5.60 Å². The van der Waals surface area contributed by atoms with E-state index >= 15 is 0 Å². The molecular weight excluding hydrogens is 222 g/mol. The molecule has 0 radical (unpaired) electrons. The molecule has 1 rings (SSSR count). The van der Waals surface area contributed by atoms with Crippen LogP contribution in [0.5, 0.6) is 0 Å². The van der Waals surface area contributed by atoms with Crippen LogP contribution in [-0.4, -0.2) is 39.9 Å². The number of dihydropyridines is 1. The predicted octanol–water partition coefficient (Wildman–Crippen LogP) is 0.849. The fourth-order valence-electron chi connectivity index (χ4n) is 1.57. The minimum Gasteiger partial charge on any atom is -0.392 e. The van der Waals surface area contributed by atoms with Gasteiger partial charge in [0.25, 0.3) is 0 Å². The summed E-state index contributed by atoms with van der Waals surface area (Å²) in [6.45, 7) is 3.45. The summed E-state index contributed by atoms with van der Waals surface area (Å²) < 4.78 is 0. The molecular formula is C9H16ClNO2S. The molecule has 14 heavy (non-hydrogen) atoms. The second-order valence-corrected chi connectivity index (χ2v) is 4.10. The third-order valence-electron chi connectivity index (χ3n) is 2.54. The third-order valence-corrected chi connectivity index (χ3v) is 2.94. The quantitative estimate of drug-likeness (QED) is 0.624. The van der Waals surface area contributed by atoms with E-state index in [2.05, 4.69) is 17.6 Å². The van der Waals surface area contributed by atoms with E-state index in [-0.39, 0.29) is 30.3 Å². The van der Waals surface area contributed by atoms with Gasteiger partial charge in [0.15, 0.2) is 0 Å². The topological polar surface area (TPSA) is 52.8 Å². The Hall–Kier alpha value is -0.0300. The van der Waals surface area contributed by atoms with Crippen molar-refractivity contribution in [3.63, 3.8) is 0 Å². The van der Waals surface area contributed by atoms with Crippen LogP contribution in [-0.2, 0) is 0 Å². The van der Waals surface area contributed by atoms with Gasteiger partial charge in [0, 0.05) is 11.5 Å². The van der Waals surface area contributed by atoms with E-state index in [0.29, 0.717) is 5.57 Å². The van der Waals surface area contributed by atoms with Gasteiger partial charge in [-0.15, -0.1) is 12.4 Å². The average Bonchev–Trinajstić information content (AvgIpc) is 2.09. The van der Waals surface area contributed by atoms with Gasteiger partial charge in [0.2, 0.25) is 0 Å². The lowest BCUT2D eigenvalue weighted by atomic mass is 9.83. The van der Waals surface area contributed by atoms with Crippen molar-refractivity contribution >= 4 is 31.3 Å². The third kappa shape index (κ3) is 2.14. The molecule has 3 unspecified atom stereocenters. The molecule has 5 heteroatoms. The molecule has 0 bridgehead atoms. The Morgan fingerprint density at radius 1 is 1.71 bits per heavy atom. The summed E-state index contributed by atoms with van der Waals surface area (Å²) in [7, 11) is 0. The van der Waals surface area contributed by atoms with Crippen LogP contribution in [0.1, 0.15) is 13.8 Å². The molecule has 0 aromatic heterocycles. The SMILES string of the molecule is CC(S)C1(O)C(CO)=CC=NC1C.Cl. The van der Waals surface area contributed by atoms with Crippen LogP contribution >= 0.6 is 25.0 Å². The molecule has 1 heterocycles. The number of halogens is 1. The maximum Gasteiger partial charge on any atom is 0.121 e. The highest BCUT2D eigenvalue weighted by molar-refractivity contribution is 7.81. The highest BCUT2D eigenvalue weighted by atomic mass is 35.5. The van der Waals surface area contributed by atoms with Crippen molar-refractivity contribution < 1.29 is 10.2 Å². The number of nitrogens with zero attached hydrogens (tertiary/aromatic N) is 1. The van der Waals surface area contributed by atoms with Crippen molar-refractivity contribution in [2.75, 3.05) is 6.61 Å². The second-order valence-electron chi connectivity index (χ2n) is 3.33. The zero-order chi connectivity index (χ0) is 10.1. The van der Waals surface area contributed by atoms with Crippen LogP contribution in [0.25, 0.3) is 0 Å². The van der Waals surface area contributed by atoms with E-state index in [1.807, 2.05) is 6.92 Å². The Kier molecular flexibility index (Phi) is 5.15. The fraction of sp³-hybridized carbons (Fsp3) is 0.667. The molecule has 1 aliphatic heterocycles. The van der Waals surface area contributed by atoms with E-state index in [1.54, 1.807) is 19.2 Å². The van der Waals surface area contributed by atoms with Crippen molar-refractivity contribution in [1.82, 2.24) is 0 Å². The highest BCUT2D eigenvalue weighted by Crippen LogP contribution is 2.31. The van der Waals surface area contributed by atoms with E-state index in [1.165, 1.54) is 0 Å². The first-order valence-corrected chi connectivity index (χ1v) is 4.79. The molecule has 0 amide bonds. The molecule has 1 aliphatic rings. The van der Waals surface area contributed by atoms with Crippen LogP contribution in [0.3, 0.4) is 0 Å². The summed E-state index contributed by atoms with van der Waals surface area (Å²) in [6, 6.07) is -0.257. The summed E-state index contributed by atoms with van der Waals surface area (Å²) in [4.78, 5) is 4.09. The van der Waals surface area contributed by atoms with Crippen LogP contribution in [0.4, 0.5) is 0 Å². The van der Waals surface area contributed by atoms with Gasteiger partial charge in [-0.05, 0) is 18.6 Å². The van der Waals surface area contributed by atoms with E-state index in [4.69, 9.17) is 5.11 Å². The van der Waals surface area contributed by atoms with Gasteiger partial charge in [0.05, 0.1) is 12.6 Å². The minimum atomic E-state index is -1.12. The number of rotatable bonds is 2. The second kappa shape index (κ2) is 5.16. The zero-order valence-electron chi connectivity index (χ0n) is 8.21. The number of thiol groups is 1. The molecule has 0 aromatic rings. The Morgan fingerprint density at radius 2 is 2.29 bits per heavy atom. The van der Waals surface area contributed by atoms with Crippen LogP contribution in [0.2, 0.25) is 0 Å². The van der Waals surface area contributed by atoms with Gasteiger partial charge in [-0.25, -0.2) is 0 Å². The summed E-state index contributed by atoms with van der Waals surface area (Å²) >= 11 is 4.22. The van der Waals surface area contributed by atoms with Gasteiger partial charge in [0.1, 0.15) is 5.60 Å². The molecule has 0 fully saturated rings. The lowest BCUT2D eigenvalue weighted by Crippen LogP contribution is -2.50. The smallest absolute Gasteiger partial charge is 0.121 e. The van der Waals surface area contributed by atoms with E-state index in [9.17, 15) is 5.11 Å². The Bertz CT molecular complexity index is 255. The van der Waals surface area contributed by atoms with Crippen molar-refractivity contribution in [1.29, 1.82) is 0 Å². The standard InChI is InChI=1S/C9H15NO2S.ClH/c1-6-9(12,7(2)13)8(5-11)3-4-10-6;/h3-4,6-7,11-13H,5H2,1-2H3;1H. The summed E-state index contributed by atoms with van der Waals surface area (Å²) in [5.41, 5.74) is -0.537. The molecule has 0 saturated carbocycles. The lowest BCUT2D eigenvalue weighted by molar-refractivity contribution is 0.0472. The molecule has 2 N–H and O–H groups in total. The predicted molar refractivity (Wildman–Crippen MR) is 63.8 cm³/mol.